The van der Waals surface area contributed by atoms with Gasteiger partial charge in [0.2, 0.25) is 0 Å². The third-order valence-electron chi connectivity index (χ3n) is 11.7. The van der Waals surface area contributed by atoms with Crippen molar-refractivity contribution in [3.63, 3.8) is 0 Å². The van der Waals surface area contributed by atoms with Gasteiger partial charge in [-0.1, -0.05) is 163 Å². The first kappa shape index (κ1) is 34.2. The smallest absolute Gasteiger partial charge is 0.175 e. The Labute approximate surface area is 329 Å². The molecule has 1 aromatic heterocycles. The van der Waals surface area contributed by atoms with Crippen molar-refractivity contribution in [3.05, 3.63) is 198 Å². The van der Waals surface area contributed by atoms with E-state index in [2.05, 4.69) is 181 Å². The lowest BCUT2D eigenvalue weighted by Gasteiger charge is -2.37. The third kappa shape index (κ3) is 6.09. The van der Waals surface area contributed by atoms with Gasteiger partial charge in [-0.15, -0.1) is 0 Å². The van der Waals surface area contributed by atoms with E-state index in [-0.39, 0.29) is 6.17 Å². The summed E-state index contributed by atoms with van der Waals surface area (Å²) in [6.07, 6.45) is 26.1. The average molecular weight is 742 g/mol. The van der Waals surface area contributed by atoms with Crippen molar-refractivity contribution in [1.82, 2.24) is 5.32 Å². The van der Waals surface area contributed by atoms with E-state index in [4.69, 9.17) is 14.4 Å². The summed E-state index contributed by atoms with van der Waals surface area (Å²) < 4.78 is 6.53. The van der Waals surface area contributed by atoms with Gasteiger partial charge in [0, 0.05) is 16.3 Å². The predicted octanol–water partition coefficient (Wildman–Crippen LogP) is 10.2. The summed E-state index contributed by atoms with van der Waals surface area (Å²) >= 11 is 0. The van der Waals surface area contributed by atoms with Crippen LogP contribution in [0.4, 0.5) is 0 Å². The van der Waals surface area contributed by atoms with Crippen molar-refractivity contribution in [2.24, 2.45) is 9.98 Å². The van der Waals surface area contributed by atoms with Crippen molar-refractivity contribution >= 4 is 57.2 Å². The maximum Gasteiger partial charge on any atom is 0.175 e. The van der Waals surface area contributed by atoms with Gasteiger partial charge in [0.05, 0.1) is 0 Å². The molecule has 1 aliphatic heterocycles. The number of furan rings is 1. The molecule has 5 heteroatoms. The number of hydrogen-bond acceptors (Lipinski definition) is 4. The summed E-state index contributed by atoms with van der Waals surface area (Å²) in [6.45, 7) is 0. The molecular weight excluding hydrogens is 699 g/mol. The molecule has 56 heavy (non-hydrogen) atoms. The van der Waals surface area contributed by atoms with Crippen LogP contribution in [0, 0.1) is 0 Å². The minimum absolute atomic E-state index is 0.296. The van der Waals surface area contributed by atoms with Gasteiger partial charge < -0.3 is 9.73 Å². The summed E-state index contributed by atoms with van der Waals surface area (Å²) in [5.41, 5.74) is 7.44. The second-order valence-corrected chi connectivity index (χ2v) is 18.9. The summed E-state index contributed by atoms with van der Waals surface area (Å²) in [5, 5.41) is 11.6. The quantitative estimate of drug-likeness (QED) is 0.125. The lowest BCUT2D eigenvalue weighted by Crippen LogP contribution is -2.68. The van der Waals surface area contributed by atoms with E-state index in [1.54, 1.807) is 5.20 Å². The summed E-state index contributed by atoms with van der Waals surface area (Å²) in [4.78, 5) is 10.4. The summed E-state index contributed by atoms with van der Waals surface area (Å²) in [6, 6.07) is 44.8. The highest BCUT2D eigenvalue weighted by molar-refractivity contribution is 7.16. The fraction of sp³-hybridized carbons (Fsp3) is 0.137. The number of nitrogens with one attached hydrogen (secondary N) is 1. The number of benzene rings is 5. The van der Waals surface area contributed by atoms with Gasteiger partial charge >= 0.3 is 0 Å². The van der Waals surface area contributed by atoms with Crippen LogP contribution in [0.1, 0.15) is 44.1 Å². The van der Waals surface area contributed by atoms with Crippen molar-refractivity contribution < 1.29 is 4.42 Å². The molecule has 272 valence electrons. The van der Waals surface area contributed by atoms with Gasteiger partial charge in [-0.3, -0.25) is 0 Å². The van der Waals surface area contributed by atoms with E-state index >= 15 is 0 Å². The van der Waals surface area contributed by atoms with E-state index in [0.29, 0.717) is 0 Å². The first-order chi connectivity index (χ1) is 27.8. The molecule has 0 spiro atoms. The van der Waals surface area contributed by atoms with Crippen molar-refractivity contribution in [1.29, 1.82) is 0 Å². The van der Waals surface area contributed by atoms with Crippen LogP contribution in [0.3, 0.4) is 0 Å². The fourth-order valence-electron chi connectivity index (χ4n) is 8.99. The molecule has 6 aromatic rings. The summed E-state index contributed by atoms with van der Waals surface area (Å²) in [7, 11) is -2.53. The molecule has 0 amide bonds. The Hall–Kier alpha value is -6.30. The van der Waals surface area contributed by atoms with E-state index in [1.165, 1.54) is 26.7 Å². The number of amidine groups is 2. The molecule has 2 heterocycles. The zero-order valence-electron chi connectivity index (χ0n) is 31.4. The monoisotopic (exact) mass is 741 g/mol. The molecule has 0 bridgehead atoms. The van der Waals surface area contributed by atoms with Gasteiger partial charge in [-0.05, 0) is 94.6 Å². The molecule has 0 saturated heterocycles. The number of rotatable bonds is 8. The van der Waals surface area contributed by atoms with Crippen LogP contribution in [0.5, 0.6) is 0 Å². The standard InChI is InChI=1S/C51H43N3OSi/c1-6-17-37(18-7-1)49-52-50(38-19-8-2-9-20-38)54-51(53-49)44-27-16-28-47-48(44)45-35-39(31-34-46(45)55-47)36-29-32-43(33-30-36)56(40-21-10-3-11-22-40,41-23-12-4-13-24-41)42-25-14-5-15-26-42/h1,3-6,8,10-14,16-17,19-25,27-35,50H,2,7,9,15,18,26H2,(H,52,53,54). The van der Waals surface area contributed by atoms with Gasteiger partial charge in [-0.2, -0.15) is 0 Å². The molecular formula is C51H43N3OSi. The molecule has 1 unspecified atom stereocenters. The SMILES string of the molecule is C1=CCCC(C2=NC(C3=CCCC=C3)N=C(c3cccc4oc5ccc(-c6ccc([Si](C7=CC=CCC7)(c7ccccc7)c7ccccc7)cc6)cc5c34)N2)=C1. The van der Waals surface area contributed by atoms with E-state index in [0.717, 1.165) is 88.8 Å². The second-order valence-electron chi connectivity index (χ2n) is 15.0. The van der Waals surface area contributed by atoms with Crippen LogP contribution in [-0.4, -0.2) is 25.9 Å². The van der Waals surface area contributed by atoms with E-state index in [9.17, 15) is 0 Å². The highest BCUT2D eigenvalue weighted by atomic mass is 28.3. The zero-order valence-corrected chi connectivity index (χ0v) is 32.4. The Morgan fingerprint density at radius 3 is 2.00 bits per heavy atom. The van der Waals surface area contributed by atoms with Gasteiger partial charge in [-0.25, -0.2) is 9.98 Å². The Morgan fingerprint density at radius 2 is 1.30 bits per heavy atom. The normalized spacial score (nSPS) is 18.2. The Kier molecular flexibility index (Phi) is 9.00. The predicted molar refractivity (Wildman–Crippen MR) is 237 cm³/mol. The lowest BCUT2D eigenvalue weighted by molar-refractivity contribution is 0.669. The number of hydrogen-bond donors (Lipinski definition) is 1. The number of aliphatic imine (C=N–C) groups is 2. The molecule has 3 aliphatic carbocycles. The molecule has 10 rings (SSSR count). The second kappa shape index (κ2) is 14.7. The molecule has 4 aliphatic rings. The Balaban J connectivity index is 1.08. The third-order valence-corrected chi connectivity index (χ3v) is 16.7. The number of allylic oxidation sites excluding steroid dienone is 9. The lowest BCUT2D eigenvalue weighted by atomic mass is 9.99. The Bertz CT molecular complexity index is 2670. The fourth-order valence-corrected chi connectivity index (χ4v) is 14.0. The molecule has 4 nitrogen and oxygen atoms in total. The topological polar surface area (TPSA) is 49.9 Å². The number of nitrogens with zero attached hydrogens (tertiary/aromatic N) is 2. The van der Waals surface area contributed by atoms with Crippen LogP contribution in [0.25, 0.3) is 33.1 Å². The first-order valence-corrected chi connectivity index (χ1v) is 21.9. The van der Waals surface area contributed by atoms with Crippen LogP contribution in [-0.2, 0) is 0 Å². The van der Waals surface area contributed by atoms with E-state index < -0.39 is 8.07 Å². The molecule has 0 saturated carbocycles. The van der Waals surface area contributed by atoms with Crippen molar-refractivity contribution in [3.8, 4) is 11.1 Å². The minimum atomic E-state index is -2.53. The molecule has 0 fully saturated rings. The maximum absolute atomic E-state index is 6.53. The van der Waals surface area contributed by atoms with Gasteiger partial charge in [0.25, 0.3) is 0 Å². The molecule has 1 N–H and O–H groups in total. The molecule has 5 aromatic carbocycles. The van der Waals surface area contributed by atoms with Gasteiger partial charge in [0.15, 0.2) is 14.2 Å². The Morgan fingerprint density at radius 1 is 0.589 bits per heavy atom. The van der Waals surface area contributed by atoms with Crippen molar-refractivity contribution in [2.45, 2.75) is 44.7 Å². The first-order valence-electron chi connectivity index (χ1n) is 19.9. The summed E-state index contributed by atoms with van der Waals surface area (Å²) in [5.74, 6) is 1.73. The van der Waals surface area contributed by atoms with Crippen LogP contribution >= 0.6 is 0 Å². The zero-order chi connectivity index (χ0) is 37.3. The largest absolute Gasteiger partial charge is 0.456 e. The van der Waals surface area contributed by atoms with Crippen molar-refractivity contribution in [2.75, 3.05) is 0 Å². The highest BCUT2D eigenvalue weighted by Crippen LogP contribution is 2.36. The van der Waals surface area contributed by atoms with Gasteiger partial charge in [0.1, 0.15) is 22.8 Å². The molecule has 1 atom stereocenters. The highest BCUT2D eigenvalue weighted by Gasteiger charge is 2.42. The number of fused-ring (bicyclic) bond motifs is 3. The minimum Gasteiger partial charge on any atom is -0.456 e. The van der Waals surface area contributed by atoms with Crippen LogP contribution in [0.2, 0.25) is 0 Å². The molecule has 0 radical (unpaired) electrons. The van der Waals surface area contributed by atoms with Crippen LogP contribution in [0.15, 0.2) is 207 Å². The average Bonchev–Trinajstić information content (AvgIpc) is 3.67. The van der Waals surface area contributed by atoms with Crippen LogP contribution < -0.4 is 20.9 Å². The van der Waals surface area contributed by atoms with E-state index in [1.807, 2.05) is 0 Å². The maximum atomic E-state index is 6.53.